The van der Waals surface area contributed by atoms with E-state index in [1.807, 2.05) is 36.4 Å². The molecule has 1 aliphatic rings. The molecule has 0 unspecified atom stereocenters. The van der Waals surface area contributed by atoms with E-state index >= 15 is 0 Å². The molecule has 0 atom stereocenters. The van der Waals surface area contributed by atoms with Crippen molar-refractivity contribution in [2.45, 2.75) is 18.4 Å². The van der Waals surface area contributed by atoms with Gasteiger partial charge in [-0.2, -0.15) is 0 Å². The third kappa shape index (κ3) is 1.47. The van der Waals surface area contributed by atoms with Crippen LogP contribution in [0.4, 0.5) is 0 Å². The predicted molar refractivity (Wildman–Crippen MR) is 65.2 cm³/mol. The lowest BCUT2D eigenvalue weighted by Gasteiger charge is -2.28. The van der Waals surface area contributed by atoms with Crippen LogP contribution in [0, 0.1) is 0 Å². The Morgan fingerprint density at radius 1 is 1.19 bits per heavy atom. The van der Waals surface area contributed by atoms with E-state index < -0.39 is 0 Å². The van der Waals surface area contributed by atoms with E-state index in [9.17, 15) is 4.79 Å². The molecule has 0 aliphatic carbocycles. The highest BCUT2D eigenvalue weighted by atomic mass is 16.2. The maximum absolute atomic E-state index is 11.9. The second-order valence-electron chi connectivity index (χ2n) is 4.07. The summed E-state index contributed by atoms with van der Waals surface area (Å²) in [6.45, 7) is 7.53. The fraction of sp³-hybridized carbons (Fsp3) is 0.214. The van der Waals surface area contributed by atoms with E-state index in [1.54, 1.807) is 0 Å². The molecular weight excluding hydrogens is 198 g/mol. The van der Waals surface area contributed by atoms with Crippen LogP contribution < -0.4 is 5.32 Å². The summed E-state index contributed by atoms with van der Waals surface area (Å²) in [4.78, 5) is 11.9. The molecule has 1 aromatic carbocycles. The number of benzene rings is 1. The molecule has 1 heterocycles. The number of rotatable bonds is 4. The summed E-state index contributed by atoms with van der Waals surface area (Å²) in [6, 6.07) is 7.70. The largest absolute Gasteiger partial charge is 0.342 e. The number of hydrogen-bond donors (Lipinski definition) is 1. The molecule has 0 aromatic heterocycles. The SMILES string of the molecule is C=CCC1(CC=C)NC(=O)c2ccccc21. The molecule has 0 spiro atoms. The maximum Gasteiger partial charge on any atom is 0.252 e. The Kier molecular flexibility index (Phi) is 2.65. The first-order valence-corrected chi connectivity index (χ1v) is 5.37. The highest BCUT2D eigenvalue weighted by Gasteiger charge is 2.40. The molecule has 2 heteroatoms. The Bertz CT molecular complexity index is 438. The fourth-order valence-electron chi connectivity index (χ4n) is 2.35. The van der Waals surface area contributed by atoms with Gasteiger partial charge in [-0.1, -0.05) is 30.4 Å². The van der Waals surface area contributed by atoms with Gasteiger partial charge in [0.15, 0.2) is 0 Å². The Morgan fingerprint density at radius 2 is 1.81 bits per heavy atom. The van der Waals surface area contributed by atoms with Gasteiger partial charge in [0.25, 0.3) is 5.91 Å². The quantitative estimate of drug-likeness (QED) is 0.765. The zero-order chi connectivity index (χ0) is 11.6. The van der Waals surface area contributed by atoms with Crippen molar-refractivity contribution < 1.29 is 4.79 Å². The van der Waals surface area contributed by atoms with Crippen LogP contribution in [0.5, 0.6) is 0 Å². The monoisotopic (exact) mass is 213 g/mol. The maximum atomic E-state index is 11.9. The Hall–Kier alpha value is -1.83. The van der Waals surface area contributed by atoms with Crippen LogP contribution in [-0.4, -0.2) is 5.91 Å². The van der Waals surface area contributed by atoms with Crippen molar-refractivity contribution in [1.82, 2.24) is 5.32 Å². The average Bonchev–Trinajstić information content (AvgIpc) is 2.55. The standard InChI is InChI=1S/C14H15NO/c1-3-9-14(10-4-2)12-8-6-5-7-11(12)13(16)15-14/h3-8H,1-2,9-10H2,(H,15,16). The van der Waals surface area contributed by atoms with Crippen LogP contribution >= 0.6 is 0 Å². The summed E-state index contributed by atoms with van der Waals surface area (Å²) >= 11 is 0. The number of carbonyl (C=O) groups is 1. The summed E-state index contributed by atoms with van der Waals surface area (Å²) in [5.41, 5.74) is 1.49. The predicted octanol–water partition coefficient (Wildman–Crippen LogP) is 2.78. The summed E-state index contributed by atoms with van der Waals surface area (Å²) < 4.78 is 0. The Morgan fingerprint density at radius 3 is 2.44 bits per heavy atom. The van der Waals surface area contributed by atoms with Crippen LogP contribution in [0.2, 0.25) is 0 Å². The third-order valence-corrected chi connectivity index (χ3v) is 3.03. The molecule has 2 nitrogen and oxygen atoms in total. The van der Waals surface area contributed by atoms with Gasteiger partial charge in [-0.25, -0.2) is 0 Å². The first-order chi connectivity index (χ1) is 7.73. The lowest BCUT2D eigenvalue weighted by molar-refractivity contribution is 0.0930. The van der Waals surface area contributed by atoms with Crippen molar-refractivity contribution in [2.75, 3.05) is 0 Å². The van der Waals surface area contributed by atoms with Crippen molar-refractivity contribution in [1.29, 1.82) is 0 Å². The van der Waals surface area contributed by atoms with Crippen molar-refractivity contribution in [3.63, 3.8) is 0 Å². The summed E-state index contributed by atoms with van der Waals surface area (Å²) in [7, 11) is 0. The van der Waals surface area contributed by atoms with E-state index in [-0.39, 0.29) is 11.4 Å². The van der Waals surface area contributed by atoms with E-state index in [4.69, 9.17) is 0 Å². The molecule has 0 radical (unpaired) electrons. The number of hydrogen-bond acceptors (Lipinski definition) is 1. The zero-order valence-electron chi connectivity index (χ0n) is 9.20. The average molecular weight is 213 g/mol. The zero-order valence-corrected chi connectivity index (χ0v) is 9.20. The molecule has 2 rings (SSSR count). The van der Waals surface area contributed by atoms with Crippen LogP contribution in [0.3, 0.4) is 0 Å². The van der Waals surface area contributed by atoms with Gasteiger partial charge in [0.05, 0.1) is 5.54 Å². The minimum atomic E-state index is -0.336. The van der Waals surface area contributed by atoms with Gasteiger partial charge in [0.2, 0.25) is 0 Å². The smallest absolute Gasteiger partial charge is 0.252 e. The normalized spacial score (nSPS) is 16.4. The van der Waals surface area contributed by atoms with Crippen LogP contribution in [0.15, 0.2) is 49.6 Å². The van der Waals surface area contributed by atoms with Gasteiger partial charge in [-0.15, -0.1) is 13.2 Å². The first-order valence-electron chi connectivity index (χ1n) is 5.37. The minimum absolute atomic E-state index is 0.000648. The highest BCUT2D eigenvalue weighted by molar-refractivity contribution is 6.00. The van der Waals surface area contributed by atoms with E-state index in [0.717, 1.165) is 24.0 Å². The molecule has 1 N–H and O–H groups in total. The molecule has 1 aliphatic heterocycles. The van der Waals surface area contributed by atoms with Gasteiger partial charge in [0.1, 0.15) is 0 Å². The number of carbonyl (C=O) groups excluding carboxylic acids is 1. The molecule has 0 fully saturated rings. The number of amides is 1. The third-order valence-electron chi connectivity index (χ3n) is 3.03. The second kappa shape index (κ2) is 3.97. The highest BCUT2D eigenvalue weighted by Crippen LogP contribution is 2.37. The molecule has 0 saturated heterocycles. The van der Waals surface area contributed by atoms with Crippen LogP contribution in [-0.2, 0) is 5.54 Å². The molecule has 0 bridgehead atoms. The van der Waals surface area contributed by atoms with E-state index in [2.05, 4.69) is 18.5 Å². The molecule has 16 heavy (non-hydrogen) atoms. The Labute approximate surface area is 95.7 Å². The lowest BCUT2D eigenvalue weighted by atomic mass is 9.84. The molecular formula is C14H15NO. The van der Waals surface area contributed by atoms with Crippen LogP contribution in [0.1, 0.15) is 28.8 Å². The number of fused-ring (bicyclic) bond motifs is 1. The van der Waals surface area contributed by atoms with Crippen molar-refractivity contribution >= 4 is 5.91 Å². The van der Waals surface area contributed by atoms with Crippen molar-refractivity contribution in [3.8, 4) is 0 Å². The lowest BCUT2D eigenvalue weighted by Crippen LogP contribution is -2.38. The van der Waals surface area contributed by atoms with Gasteiger partial charge in [-0.05, 0) is 24.5 Å². The molecule has 82 valence electrons. The van der Waals surface area contributed by atoms with Gasteiger partial charge >= 0.3 is 0 Å². The topological polar surface area (TPSA) is 29.1 Å². The fourth-order valence-corrected chi connectivity index (χ4v) is 2.35. The summed E-state index contributed by atoms with van der Waals surface area (Å²) in [5, 5.41) is 3.05. The minimum Gasteiger partial charge on any atom is -0.342 e. The summed E-state index contributed by atoms with van der Waals surface area (Å²) in [5.74, 6) is -0.000648. The number of nitrogens with one attached hydrogen (secondary N) is 1. The summed E-state index contributed by atoms with van der Waals surface area (Å²) in [6.07, 6.45) is 5.13. The van der Waals surface area contributed by atoms with E-state index in [0.29, 0.717) is 0 Å². The molecule has 0 saturated carbocycles. The van der Waals surface area contributed by atoms with Gasteiger partial charge < -0.3 is 5.32 Å². The van der Waals surface area contributed by atoms with Crippen molar-refractivity contribution in [3.05, 3.63) is 60.7 Å². The Balaban J connectivity index is 2.53. The molecule has 1 aromatic rings. The second-order valence-corrected chi connectivity index (χ2v) is 4.07. The first kappa shape index (κ1) is 10.7. The van der Waals surface area contributed by atoms with Gasteiger partial charge in [0, 0.05) is 5.56 Å². The van der Waals surface area contributed by atoms with Crippen LogP contribution in [0.25, 0.3) is 0 Å². The van der Waals surface area contributed by atoms with Gasteiger partial charge in [-0.3, -0.25) is 4.79 Å². The molecule has 1 amide bonds. The van der Waals surface area contributed by atoms with E-state index in [1.165, 1.54) is 0 Å². The van der Waals surface area contributed by atoms with Crippen molar-refractivity contribution in [2.24, 2.45) is 0 Å².